The van der Waals surface area contributed by atoms with E-state index >= 15 is 0 Å². The topological polar surface area (TPSA) is 64.0 Å². The maximum atomic E-state index is 12.0. The van der Waals surface area contributed by atoms with Crippen molar-refractivity contribution in [3.05, 3.63) is 54.2 Å². The number of rotatable bonds is 8. The van der Waals surface area contributed by atoms with E-state index in [0.717, 1.165) is 23.7 Å². The summed E-state index contributed by atoms with van der Waals surface area (Å²) in [5.41, 5.74) is 1.07. The molecule has 2 aromatic rings. The molecule has 0 aliphatic carbocycles. The fourth-order valence-corrected chi connectivity index (χ4v) is 3.74. The van der Waals surface area contributed by atoms with E-state index in [1.165, 1.54) is 11.8 Å². The number of hydrogen-bond donors (Lipinski definition) is 0. The SMILES string of the molecule is CC(C)OC1=NC(=O)C(Cc2ccc(OCCN(C)c3ccccn3)cc2)S1. The number of thioether (sulfide) groups is 1. The Balaban J connectivity index is 1.44. The summed E-state index contributed by atoms with van der Waals surface area (Å²) in [6, 6.07) is 13.7. The van der Waals surface area contributed by atoms with Gasteiger partial charge in [-0.2, -0.15) is 4.99 Å². The Bertz CT molecular complexity index is 809. The quantitative estimate of drug-likeness (QED) is 0.676. The van der Waals surface area contributed by atoms with Crippen molar-refractivity contribution in [2.24, 2.45) is 4.99 Å². The summed E-state index contributed by atoms with van der Waals surface area (Å²) in [6.07, 6.45) is 2.42. The van der Waals surface area contributed by atoms with Crippen LogP contribution in [-0.4, -0.2) is 47.7 Å². The summed E-state index contributed by atoms with van der Waals surface area (Å²) in [5.74, 6) is 1.60. The molecule has 1 aliphatic heterocycles. The highest BCUT2D eigenvalue weighted by atomic mass is 32.2. The van der Waals surface area contributed by atoms with Gasteiger partial charge in [-0.15, -0.1) is 0 Å². The van der Waals surface area contributed by atoms with Crippen molar-refractivity contribution in [1.29, 1.82) is 0 Å². The van der Waals surface area contributed by atoms with Crippen LogP contribution in [-0.2, 0) is 16.0 Å². The zero-order valence-corrected chi connectivity index (χ0v) is 17.2. The number of aliphatic imine (C=N–C) groups is 1. The van der Waals surface area contributed by atoms with Gasteiger partial charge >= 0.3 is 0 Å². The molecule has 0 radical (unpaired) electrons. The zero-order chi connectivity index (χ0) is 19.9. The van der Waals surface area contributed by atoms with Gasteiger partial charge in [-0.1, -0.05) is 30.0 Å². The van der Waals surface area contributed by atoms with Gasteiger partial charge in [0.25, 0.3) is 11.1 Å². The number of ether oxygens (including phenoxy) is 2. The summed E-state index contributed by atoms with van der Waals surface area (Å²) >= 11 is 1.40. The number of nitrogens with zero attached hydrogens (tertiary/aromatic N) is 3. The summed E-state index contributed by atoms with van der Waals surface area (Å²) in [4.78, 5) is 22.4. The second-order valence-electron chi connectivity index (χ2n) is 6.80. The van der Waals surface area contributed by atoms with Crippen LogP contribution >= 0.6 is 11.8 Å². The van der Waals surface area contributed by atoms with Gasteiger partial charge in [-0.3, -0.25) is 4.79 Å². The molecule has 1 aromatic heterocycles. The molecule has 1 amide bonds. The van der Waals surface area contributed by atoms with E-state index < -0.39 is 0 Å². The van der Waals surface area contributed by atoms with E-state index in [2.05, 4.69) is 9.98 Å². The van der Waals surface area contributed by atoms with Crippen LogP contribution in [0, 0.1) is 0 Å². The Morgan fingerprint density at radius 2 is 1.96 bits per heavy atom. The summed E-state index contributed by atoms with van der Waals surface area (Å²) in [7, 11) is 1.99. The molecule has 1 aliphatic rings. The lowest BCUT2D eigenvalue weighted by molar-refractivity contribution is -0.117. The van der Waals surface area contributed by atoms with Gasteiger partial charge in [0.05, 0.1) is 17.9 Å². The van der Waals surface area contributed by atoms with Gasteiger partial charge in [0.1, 0.15) is 18.2 Å². The molecule has 6 nitrogen and oxygen atoms in total. The van der Waals surface area contributed by atoms with Crippen LogP contribution in [0.3, 0.4) is 0 Å². The van der Waals surface area contributed by atoms with Crippen LogP contribution in [0.15, 0.2) is 53.7 Å². The molecule has 7 heteroatoms. The first-order valence-electron chi connectivity index (χ1n) is 9.31. The molecule has 0 N–H and O–H groups in total. The third-order valence-corrected chi connectivity index (χ3v) is 5.18. The molecule has 0 saturated carbocycles. The van der Waals surface area contributed by atoms with Crippen LogP contribution < -0.4 is 9.64 Å². The van der Waals surface area contributed by atoms with E-state index in [-0.39, 0.29) is 17.3 Å². The van der Waals surface area contributed by atoms with Crippen LogP contribution in [0.1, 0.15) is 19.4 Å². The molecule has 28 heavy (non-hydrogen) atoms. The zero-order valence-electron chi connectivity index (χ0n) is 16.4. The molecule has 0 saturated heterocycles. The molecule has 2 heterocycles. The molecule has 3 rings (SSSR count). The Labute approximate surface area is 170 Å². The standard InChI is InChI=1S/C21H25N3O3S/c1-15(2)27-21-23-20(25)18(28-21)14-16-7-9-17(10-8-16)26-13-12-24(3)19-6-4-5-11-22-19/h4-11,15,18H,12-14H2,1-3H3. The number of hydrogen-bond acceptors (Lipinski definition) is 6. The van der Waals surface area contributed by atoms with Crippen molar-refractivity contribution in [3.63, 3.8) is 0 Å². The Hall–Kier alpha value is -2.54. The smallest absolute Gasteiger partial charge is 0.263 e. The number of pyridine rings is 1. The molecule has 0 bridgehead atoms. The number of carbonyl (C=O) groups excluding carboxylic acids is 1. The number of aromatic nitrogens is 1. The number of benzene rings is 1. The number of likely N-dealkylation sites (N-methyl/N-ethyl adjacent to an activating group) is 1. The largest absolute Gasteiger partial charge is 0.492 e. The average molecular weight is 400 g/mol. The lowest BCUT2D eigenvalue weighted by Gasteiger charge is -2.18. The first-order chi connectivity index (χ1) is 13.5. The first kappa shape index (κ1) is 20.2. The van der Waals surface area contributed by atoms with E-state index in [4.69, 9.17) is 9.47 Å². The number of carbonyl (C=O) groups is 1. The van der Waals surface area contributed by atoms with Gasteiger partial charge in [0.2, 0.25) is 0 Å². The van der Waals surface area contributed by atoms with Crippen molar-refractivity contribution in [3.8, 4) is 5.75 Å². The van der Waals surface area contributed by atoms with E-state index in [1.54, 1.807) is 6.20 Å². The van der Waals surface area contributed by atoms with Crippen LogP contribution in [0.2, 0.25) is 0 Å². The highest BCUT2D eigenvalue weighted by Gasteiger charge is 2.30. The second-order valence-corrected chi connectivity index (χ2v) is 7.95. The summed E-state index contributed by atoms with van der Waals surface area (Å²) in [6.45, 7) is 5.15. The predicted molar refractivity (Wildman–Crippen MR) is 113 cm³/mol. The Kier molecular flexibility index (Phi) is 6.92. The van der Waals surface area contributed by atoms with Crippen molar-refractivity contribution in [1.82, 2.24) is 4.98 Å². The van der Waals surface area contributed by atoms with Gasteiger partial charge in [0, 0.05) is 13.2 Å². The molecule has 1 unspecified atom stereocenters. The number of amides is 1. The van der Waals surface area contributed by atoms with E-state index in [1.807, 2.05) is 68.3 Å². The maximum Gasteiger partial charge on any atom is 0.263 e. The Morgan fingerprint density at radius 1 is 1.18 bits per heavy atom. The molecule has 1 atom stereocenters. The van der Waals surface area contributed by atoms with Gasteiger partial charge in [-0.05, 0) is 50.1 Å². The maximum absolute atomic E-state index is 12.0. The van der Waals surface area contributed by atoms with Crippen LogP contribution in [0.5, 0.6) is 5.75 Å². The fraction of sp³-hybridized carbons (Fsp3) is 0.381. The minimum Gasteiger partial charge on any atom is -0.492 e. The predicted octanol–water partition coefficient (Wildman–Crippen LogP) is 3.56. The molecular weight excluding hydrogens is 374 g/mol. The van der Waals surface area contributed by atoms with E-state index in [9.17, 15) is 4.79 Å². The van der Waals surface area contributed by atoms with Crippen molar-refractivity contribution < 1.29 is 14.3 Å². The highest BCUT2D eigenvalue weighted by Crippen LogP contribution is 2.27. The Morgan fingerprint density at radius 3 is 2.64 bits per heavy atom. The molecule has 0 spiro atoms. The number of anilines is 1. The lowest BCUT2D eigenvalue weighted by atomic mass is 10.1. The average Bonchev–Trinajstić information content (AvgIpc) is 3.02. The monoisotopic (exact) mass is 399 g/mol. The second kappa shape index (κ2) is 9.59. The van der Waals surface area contributed by atoms with Gasteiger partial charge < -0.3 is 14.4 Å². The van der Waals surface area contributed by atoms with Crippen LogP contribution in [0.25, 0.3) is 0 Å². The van der Waals surface area contributed by atoms with Crippen molar-refractivity contribution >= 4 is 28.7 Å². The minimum absolute atomic E-state index is 0.0194. The van der Waals surface area contributed by atoms with Gasteiger partial charge in [-0.25, -0.2) is 4.98 Å². The van der Waals surface area contributed by atoms with Crippen molar-refractivity contribution in [2.75, 3.05) is 25.1 Å². The first-order valence-corrected chi connectivity index (χ1v) is 10.2. The van der Waals surface area contributed by atoms with Crippen molar-refractivity contribution in [2.45, 2.75) is 31.6 Å². The normalized spacial score (nSPS) is 16.2. The molecular formula is C21H25N3O3S. The molecule has 148 valence electrons. The molecule has 1 aromatic carbocycles. The highest BCUT2D eigenvalue weighted by molar-refractivity contribution is 8.15. The van der Waals surface area contributed by atoms with Crippen LogP contribution in [0.4, 0.5) is 5.82 Å². The minimum atomic E-state index is -0.215. The van der Waals surface area contributed by atoms with Gasteiger partial charge in [0.15, 0.2) is 0 Å². The third kappa shape index (κ3) is 5.73. The lowest BCUT2D eigenvalue weighted by Crippen LogP contribution is -2.24. The van der Waals surface area contributed by atoms with E-state index in [0.29, 0.717) is 18.3 Å². The fourth-order valence-electron chi connectivity index (χ4n) is 2.68. The summed E-state index contributed by atoms with van der Waals surface area (Å²) < 4.78 is 11.3. The summed E-state index contributed by atoms with van der Waals surface area (Å²) in [5, 5.41) is 0.259. The molecule has 0 fully saturated rings. The third-order valence-electron chi connectivity index (χ3n) is 4.14.